The van der Waals surface area contributed by atoms with E-state index in [1.807, 2.05) is 31.2 Å². The lowest BCUT2D eigenvalue weighted by molar-refractivity contribution is -0.119. The largest absolute Gasteiger partial charge is 0.495 e. The molecule has 0 unspecified atom stereocenters. The van der Waals surface area contributed by atoms with Crippen molar-refractivity contribution in [2.45, 2.75) is 24.0 Å². The minimum Gasteiger partial charge on any atom is -0.495 e. The normalized spacial score (nSPS) is 11.2. The minimum atomic E-state index is -4.07. The molecule has 0 aromatic heterocycles. The second-order valence-electron chi connectivity index (χ2n) is 8.03. The van der Waals surface area contributed by atoms with Crippen LogP contribution in [0.15, 0.2) is 71.6 Å². The molecule has 6 nitrogen and oxygen atoms in total. The van der Waals surface area contributed by atoms with E-state index in [0.717, 1.165) is 33.4 Å². The maximum Gasteiger partial charge on any atom is 0.264 e. The number of anilines is 1. The van der Waals surface area contributed by atoms with E-state index in [-0.39, 0.29) is 10.6 Å². The van der Waals surface area contributed by atoms with Crippen LogP contribution in [0.3, 0.4) is 0 Å². The van der Waals surface area contributed by atoms with Crippen LogP contribution in [0.25, 0.3) is 0 Å². The molecule has 10 heteroatoms. The van der Waals surface area contributed by atoms with Crippen LogP contribution in [0.4, 0.5) is 5.69 Å². The first-order valence-corrected chi connectivity index (χ1v) is 14.6. The fourth-order valence-corrected chi connectivity index (χ4v) is 6.11. The van der Waals surface area contributed by atoms with Gasteiger partial charge in [-0.25, -0.2) is 8.42 Å². The van der Waals surface area contributed by atoms with Crippen molar-refractivity contribution in [3.8, 4) is 5.75 Å². The van der Waals surface area contributed by atoms with Gasteiger partial charge in [-0.15, -0.1) is 0 Å². The standard InChI is InChI=1S/C26H28Cl2N2O4S2/c1-19-7-10-23(11-8-19)36(32,33)30(24-16-22(28)9-12-25(24)34-2)17-26(31)29-13-4-14-35-18-20-5-3-6-21(27)15-20/h3,5-12,15-16H,4,13-14,17-18H2,1-2H3,(H,29,31). The highest BCUT2D eigenvalue weighted by atomic mass is 35.5. The van der Waals surface area contributed by atoms with Crippen LogP contribution >= 0.6 is 35.0 Å². The van der Waals surface area contributed by atoms with Gasteiger partial charge in [0.2, 0.25) is 5.91 Å². The Labute approximate surface area is 227 Å². The number of aryl methyl sites for hydroxylation is 1. The Balaban J connectivity index is 1.66. The predicted octanol–water partition coefficient (Wildman–Crippen LogP) is 5.95. The maximum absolute atomic E-state index is 13.6. The summed E-state index contributed by atoms with van der Waals surface area (Å²) < 4.78 is 33.5. The van der Waals surface area contributed by atoms with Gasteiger partial charge in [-0.2, -0.15) is 11.8 Å². The summed E-state index contributed by atoms with van der Waals surface area (Å²) in [6.45, 7) is 1.88. The van der Waals surface area contributed by atoms with Crippen LogP contribution in [0.2, 0.25) is 10.0 Å². The molecular weight excluding hydrogens is 539 g/mol. The van der Waals surface area contributed by atoms with Crippen molar-refractivity contribution in [3.05, 3.63) is 87.9 Å². The van der Waals surface area contributed by atoms with Crippen molar-refractivity contribution in [2.75, 3.05) is 30.3 Å². The van der Waals surface area contributed by atoms with Crippen molar-refractivity contribution in [1.29, 1.82) is 0 Å². The summed E-state index contributed by atoms with van der Waals surface area (Å²) in [4.78, 5) is 12.9. The van der Waals surface area contributed by atoms with E-state index in [0.29, 0.717) is 22.3 Å². The van der Waals surface area contributed by atoms with Crippen LogP contribution in [0.5, 0.6) is 5.75 Å². The highest BCUT2D eigenvalue weighted by molar-refractivity contribution is 7.98. The molecule has 192 valence electrons. The van der Waals surface area contributed by atoms with Gasteiger partial charge >= 0.3 is 0 Å². The fourth-order valence-electron chi connectivity index (χ4n) is 3.40. The summed E-state index contributed by atoms with van der Waals surface area (Å²) in [5, 5.41) is 3.86. The van der Waals surface area contributed by atoms with Gasteiger partial charge in [0.1, 0.15) is 12.3 Å². The second kappa shape index (κ2) is 13.2. The Bertz CT molecular complexity index is 1290. The third-order valence-corrected chi connectivity index (χ3v) is 8.61. The molecule has 36 heavy (non-hydrogen) atoms. The molecule has 0 spiro atoms. The average molecular weight is 568 g/mol. The lowest BCUT2D eigenvalue weighted by Crippen LogP contribution is -2.41. The van der Waals surface area contributed by atoms with Crippen LogP contribution in [-0.2, 0) is 20.6 Å². The number of carbonyl (C=O) groups excluding carboxylic acids is 1. The molecule has 0 fully saturated rings. The Morgan fingerprint density at radius 1 is 1.03 bits per heavy atom. The van der Waals surface area contributed by atoms with Crippen molar-refractivity contribution in [2.24, 2.45) is 0 Å². The summed E-state index contributed by atoms with van der Waals surface area (Å²) in [5.74, 6) is 1.53. The quantitative estimate of drug-likeness (QED) is 0.274. The van der Waals surface area contributed by atoms with Crippen molar-refractivity contribution < 1.29 is 17.9 Å². The average Bonchev–Trinajstić information content (AvgIpc) is 2.85. The zero-order valence-corrected chi connectivity index (χ0v) is 23.2. The van der Waals surface area contributed by atoms with Gasteiger partial charge in [-0.3, -0.25) is 9.10 Å². The van der Waals surface area contributed by atoms with Gasteiger partial charge in [-0.1, -0.05) is 53.0 Å². The van der Waals surface area contributed by atoms with Gasteiger partial charge in [0.25, 0.3) is 10.0 Å². The molecule has 3 aromatic carbocycles. The summed E-state index contributed by atoms with van der Waals surface area (Å²) in [6, 6.07) is 18.8. The molecule has 0 aliphatic rings. The molecule has 0 saturated heterocycles. The van der Waals surface area contributed by atoms with Crippen molar-refractivity contribution in [1.82, 2.24) is 5.32 Å². The minimum absolute atomic E-state index is 0.0698. The van der Waals surface area contributed by atoms with Gasteiger partial charge in [-0.05, 0) is 67.1 Å². The Kier molecular flexibility index (Phi) is 10.4. The number of carbonyl (C=O) groups is 1. The third-order valence-electron chi connectivity index (χ3n) is 5.25. The second-order valence-corrected chi connectivity index (χ2v) is 11.9. The van der Waals surface area contributed by atoms with Gasteiger partial charge < -0.3 is 10.1 Å². The lowest BCUT2D eigenvalue weighted by Gasteiger charge is -2.26. The van der Waals surface area contributed by atoms with Gasteiger partial charge in [0, 0.05) is 22.3 Å². The first-order chi connectivity index (χ1) is 17.2. The lowest BCUT2D eigenvalue weighted by atomic mass is 10.2. The first kappa shape index (κ1) is 28.2. The number of rotatable bonds is 12. The number of ether oxygens (including phenoxy) is 1. The molecule has 0 aliphatic carbocycles. The number of nitrogens with zero attached hydrogens (tertiary/aromatic N) is 1. The molecule has 0 heterocycles. The third kappa shape index (κ3) is 7.80. The van der Waals surface area contributed by atoms with Gasteiger partial charge in [0.05, 0.1) is 17.7 Å². The van der Waals surface area contributed by atoms with E-state index in [2.05, 4.69) is 5.32 Å². The topological polar surface area (TPSA) is 75.7 Å². The molecular formula is C26H28Cl2N2O4S2. The molecule has 0 bridgehead atoms. The molecule has 1 N–H and O–H groups in total. The predicted molar refractivity (Wildman–Crippen MR) is 149 cm³/mol. The number of methoxy groups -OCH3 is 1. The van der Waals surface area contributed by atoms with Crippen molar-refractivity contribution >= 4 is 56.6 Å². The zero-order chi connectivity index (χ0) is 26.1. The number of amides is 1. The highest BCUT2D eigenvalue weighted by Crippen LogP contribution is 2.34. The Hall–Kier alpha value is -2.39. The number of benzene rings is 3. The first-order valence-electron chi connectivity index (χ1n) is 11.2. The molecule has 0 saturated carbocycles. The highest BCUT2D eigenvalue weighted by Gasteiger charge is 2.29. The number of sulfonamides is 1. The van der Waals surface area contributed by atoms with Crippen LogP contribution in [0, 0.1) is 6.92 Å². The van der Waals surface area contributed by atoms with E-state index in [1.165, 1.54) is 25.3 Å². The van der Waals surface area contributed by atoms with Crippen molar-refractivity contribution in [3.63, 3.8) is 0 Å². The van der Waals surface area contributed by atoms with E-state index in [9.17, 15) is 13.2 Å². The van der Waals surface area contributed by atoms with Crippen LogP contribution in [-0.4, -0.2) is 40.3 Å². The molecule has 0 atom stereocenters. The fraction of sp³-hybridized carbons (Fsp3) is 0.269. The Morgan fingerprint density at radius 3 is 2.44 bits per heavy atom. The molecule has 1 amide bonds. The summed E-state index contributed by atoms with van der Waals surface area (Å²) in [7, 11) is -2.63. The zero-order valence-electron chi connectivity index (χ0n) is 20.0. The summed E-state index contributed by atoms with van der Waals surface area (Å²) in [6.07, 6.45) is 0.738. The van der Waals surface area contributed by atoms with E-state index in [1.54, 1.807) is 36.0 Å². The number of hydrogen-bond acceptors (Lipinski definition) is 5. The number of halogens is 2. The molecule has 3 aromatic rings. The molecule has 3 rings (SSSR count). The van der Waals surface area contributed by atoms with E-state index in [4.69, 9.17) is 27.9 Å². The van der Waals surface area contributed by atoms with E-state index >= 15 is 0 Å². The molecule has 0 aliphatic heterocycles. The molecule has 0 radical (unpaired) electrons. The Morgan fingerprint density at radius 2 is 1.75 bits per heavy atom. The summed E-state index contributed by atoms with van der Waals surface area (Å²) >= 11 is 13.9. The van der Waals surface area contributed by atoms with Crippen LogP contribution < -0.4 is 14.4 Å². The SMILES string of the molecule is COc1ccc(Cl)cc1N(CC(=O)NCCCSCc1cccc(Cl)c1)S(=O)(=O)c1ccc(C)cc1. The van der Waals surface area contributed by atoms with Crippen LogP contribution in [0.1, 0.15) is 17.5 Å². The maximum atomic E-state index is 13.6. The summed E-state index contributed by atoms with van der Waals surface area (Å²) in [5.41, 5.74) is 2.26. The number of thioether (sulfide) groups is 1. The van der Waals surface area contributed by atoms with E-state index < -0.39 is 22.5 Å². The smallest absolute Gasteiger partial charge is 0.264 e. The number of nitrogens with one attached hydrogen (secondary N) is 1. The van der Waals surface area contributed by atoms with Gasteiger partial charge in [0.15, 0.2) is 0 Å². The number of hydrogen-bond donors (Lipinski definition) is 1. The monoisotopic (exact) mass is 566 g/mol.